The van der Waals surface area contributed by atoms with Crippen LogP contribution >= 0.6 is 23.2 Å². The summed E-state index contributed by atoms with van der Waals surface area (Å²) in [6.07, 6.45) is 0.544. The molecule has 0 aromatic heterocycles. The highest BCUT2D eigenvalue weighted by molar-refractivity contribution is 6.36. The monoisotopic (exact) mass is 434 g/mol. The molecule has 4 nitrogen and oxygen atoms in total. The van der Waals surface area contributed by atoms with Crippen LogP contribution in [0.2, 0.25) is 10.0 Å². The minimum atomic E-state index is -0.578. The van der Waals surface area contributed by atoms with Gasteiger partial charge in [0, 0.05) is 22.6 Å². The van der Waals surface area contributed by atoms with Crippen molar-refractivity contribution in [2.75, 3.05) is 0 Å². The molecule has 1 N–H and O–H groups in total. The molecule has 0 fully saturated rings. The molecule has 6 heteroatoms. The second kappa shape index (κ2) is 10.7. The summed E-state index contributed by atoms with van der Waals surface area (Å²) in [4.78, 5) is 27.8. The van der Waals surface area contributed by atoms with E-state index in [2.05, 4.69) is 5.32 Å². The van der Waals surface area contributed by atoms with E-state index in [-0.39, 0.29) is 24.3 Å². The maximum Gasteiger partial charge on any atom is 0.243 e. The average molecular weight is 435 g/mol. The Morgan fingerprint density at radius 3 is 2.21 bits per heavy atom. The first-order valence-electron chi connectivity index (χ1n) is 9.81. The predicted octanol–water partition coefficient (Wildman–Crippen LogP) is 5.18. The molecule has 29 heavy (non-hydrogen) atoms. The van der Waals surface area contributed by atoms with Gasteiger partial charge in [0.1, 0.15) is 6.04 Å². The van der Waals surface area contributed by atoms with E-state index in [1.165, 1.54) is 0 Å². The van der Waals surface area contributed by atoms with E-state index < -0.39 is 6.04 Å². The van der Waals surface area contributed by atoms with Crippen molar-refractivity contribution in [2.45, 2.75) is 59.2 Å². The van der Waals surface area contributed by atoms with Crippen molar-refractivity contribution in [3.8, 4) is 0 Å². The highest BCUT2D eigenvalue weighted by atomic mass is 35.5. The summed E-state index contributed by atoms with van der Waals surface area (Å²) < 4.78 is 0. The number of nitrogens with one attached hydrogen (secondary N) is 1. The second-order valence-electron chi connectivity index (χ2n) is 7.41. The molecule has 0 spiro atoms. The molecular formula is C23H28Cl2N2O2. The number of nitrogens with zero attached hydrogens (tertiary/aromatic N) is 1. The van der Waals surface area contributed by atoms with Gasteiger partial charge < -0.3 is 10.2 Å². The first-order chi connectivity index (χ1) is 13.7. The number of rotatable bonds is 8. The zero-order chi connectivity index (χ0) is 21.6. The Hall–Kier alpha value is -2.04. The molecule has 1 atom stereocenters. The van der Waals surface area contributed by atoms with Crippen LogP contribution in [0.4, 0.5) is 0 Å². The minimum absolute atomic E-state index is 0.00928. The topological polar surface area (TPSA) is 49.4 Å². The van der Waals surface area contributed by atoms with Crippen molar-refractivity contribution in [1.82, 2.24) is 10.2 Å². The summed E-state index contributed by atoms with van der Waals surface area (Å²) in [5.74, 6) is -0.344. The molecule has 0 aliphatic rings. The van der Waals surface area contributed by atoms with Gasteiger partial charge >= 0.3 is 0 Å². The molecule has 2 amide bonds. The molecule has 2 aromatic carbocycles. The Bertz CT molecular complexity index is 847. The summed E-state index contributed by atoms with van der Waals surface area (Å²) in [5.41, 5.74) is 2.65. The van der Waals surface area contributed by atoms with Gasteiger partial charge in [-0.25, -0.2) is 0 Å². The Labute approximate surface area is 183 Å². The number of carbonyl (C=O) groups excluding carboxylic acids is 2. The lowest BCUT2D eigenvalue weighted by atomic mass is 10.0. The van der Waals surface area contributed by atoms with Crippen molar-refractivity contribution in [3.05, 3.63) is 69.2 Å². The van der Waals surface area contributed by atoms with Crippen molar-refractivity contribution in [1.29, 1.82) is 0 Å². The molecule has 0 bridgehead atoms. The SMILES string of the molecule is CC[C@H](C(=O)NC(C)C)N(Cc1ccccc1C)C(=O)Cc1c(Cl)cccc1Cl. The third kappa shape index (κ3) is 6.22. The van der Waals surface area contributed by atoms with Gasteiger partial charge in [-0.2, -0.15) is 0 Å². The molecule has 0 radical (unpaired) electrons. The normalized spacial score (nSPS) is 12.0. The van der Waals surface area contributed by atoms with Gasteiger partial charge in [0.2, 0.25) is 11.8 Å². The number of benzene rings is 2. The molecule has 156 valence electrons. The quantitative estimate of drug-likeness (QED) is 0.622. The fraction of sp³-hybridized carbons (Fsp3) is 0.391. The minimum Gasteiger partial charge on any atom is -0.352 e. The zero-order valence-electron chi connectivity index (χ0n) is 17.3. The zero-order valence-corrected chi connectivity index (χ0v) is 18.8. The van der Waals surface area contributed by atoms with E-state index in [1.807, 2.05) is 52.0 Å². The number of hydrogen-bond donors (Lipinski definition) is 1. The smallest absolute Gasteiger partial charge is 0.243 e. The number of amides is 2. The van der Waals surface area contributed by atoms with Crippen LogP contribution in [0.1, 0.15) is 43.9 Å². The van der Waals surface area contributed by atoms with Crippen LogP contribution < -0.4 is 5.32 Å². The third-order valence-electron chi connectivity index (χ3n) is 4.81. The Kier molecular flexibility index (Phi) is 8.54. The van der Waals surface area contributed by atoms with Crippen molar-refractivity contribution >= 4 is 35.0 Å². The second-order valence-corrected chi connectivity index (χ2v) is 8.23. The van der Waals surface area contributed by atoms with Gasteiger partial charge in [0.15, 0.2) is 0 Å². The molecule has 0 saturated carbocycles. The maximum atomic E-state index is 13.4. The van der Waals surface area contributed by atoms with Crippen LogP contribution in [0.25, 0.3) is 0 Å². The van der Waals surface area contributed by atoms with Gasteiger partial charge in [0.05, 0.1) is 6.42 Å². The van der Waals surface area contributed by atoms with E-state index in [4.69, 9.17) is 23.2 Å². The summed E-state index contributed by atoms with van der Waals surface area (Å²) >= 11 is 12.5. The van der Waals surface area contributed by atoms with Crippen LogP contribution in [-0.4, -0.2) is 28.8 Å². The molecule has 2 aromatic rings. The lowest BCUT2D eigenvalue weighted by Gasteiger charge is -2.32. The number of hydrogen-bond acceptors (Lipinski definition) is 2. The van der Waals surface area contributed by atoms with E-state index >= 15 is 0 Å². The van der Waals surface area contributed by atoms with Gasteiger partial charge in [-0.3, -0.25) is 9.59 Å². The predicted molar refractivity (Wildman–Crippen MR) is 119 cm³/mol. The molecule has 0 aliphatic carbocycles. The maximum absolute atomic E-state index is 13.4. The van der Waals surface area contributed by atoms with Crippen LogP contribution in [0.3, 0.4) is 0 Å². The molecule has 0 saturated heterocycles. The largest absolute Gasteiger partial charge is 0.352 e. The van der Waals surface area contributed by atoms with Crippen LogP contribution in [0.5, 0.6) is 0 Å². The summed E-state index contributed by atoms with van der Waals surface area (Å²) in [5, 5.41) is 3.82. The number of halogens is 2. The Balaban J connectivity index is 2.38. The van der Waals surface area contributed by atoms with Crippen molar-refractivity contribution in [2.24, 2.45) is 0 Å². The van der Waals surface area contributed by atoms with Gasteiger partial charge in [0.25, 0.3) is 0 Å². The molecule has 0 aliphatic heterocycles. The number of carbonyl (C=O) groups is 2. The van der Waals surface area contributed by atoms with Crippen LogP contribution in [-0.2, 0) is 22.6 Å². The van der Waals surface area contributed by atoms with Crippen LogP contribution in [0.15, 0.2) is 42.5 Å². The molecule has 0 unspecified atom stereocenters. The van der Waals surface area contributed by atoms with Crippen molar-refractivity contribution in [3.63, 3.8) is 0 Å². The third-order valence-corrected chi connectivity index (χ3v) is 5.52. The first kappa shape index (κ1) is 23.2. The Morgan fingerprint density at radius 2 is 1.66 bits per heavy atom. The fourth-order valence-corrected chi connectivity index (χ4v) is 3.76. The summed E-state index contributed by atoms with van der Waals surface area (Å²) in [6.45, 7) is 8.06. The van der Waals surface area contributed by atoms with Gasteiger partial charge in [-0.15, -0.1) is 0 Å². The molecular weight excluding hydrogens is 407 g/mol. The fourth-order valence-electron chi connectivity index (χ4n) is 3.23. The van der Waals surface area contributed by atoms with Crippen molar-refractivity contribution < 1.29 is 9.59 Å². The van der Waals surface area contributed by atoms with E-state index in [0.29, 0.717) is 28.6 Å². The van der Waals surface area contributed by atoms with Gasteiger partial charge in [-0.05, 0) is 56.0 Å². The highest BCUT2D eigenvalue weighted by Gasteiger charge is 2.30. The van der Waals surface area contributed by atoms with E-state index in [9.17, 15) is 9.59 Å². The standard InChI is InChI=1S/C23H28Cl2N2O2/c1-5-21(23(29)26-15(2)3)27(14-17-10-7-6-9-16(17)4)22(28)13-18-19(24)11-8-12-20(18)25/h6-12,15,21H,5,13-14H2,1-4H3,(H,26,29)/t21-/m1/s1. The highest BCUT2D eigenvalue weighted by Crippen LogP contribution is 2.26. The number of aryl methyl sites for hydroxylation is 1. The molecule has 2 rings (SSSR count). The summed E-state index contributed by atoms with van der Waals surface area (Å²) in [7, 11) is 0. The average Bonchev–Trinajstić information content (AvgIpc) is 2.65. The van der Waals surface area contributed by atoms with Gasteiger partial charge in [-0.1, -0.05) is 60.5 Å². The van der Waals surface area contributed by atoms with E-state index in [0.717, 1.165) is 11.1 Å². The Morgan fingerprint density at radius 1 is 1.03 bits per heavy atom. The van der Waals surface area contributed by atoms with E-state index in [1.54, 1.807) is 23.1 Å². The summed E-state index contributed by atoms with van der Waals surface area (Å²) in [6, 6.07) is 12.4. The first-order valence-corrected chi connectivity index (χ1v) is 10.6. The lowest BCUT2D eigenvalue weighted by molar-refractivity contribution is -0.141. The molecule has 0 heterocycles. The van der Waals surface area contributed by atoms with Crippen LogP contribution in [0, 0.1) is 6.92 Å². The lowest BCUT2D eigenvalue weighted by Crippen LogP contribution is -2.50.